The molecule has 0 unspecified atom stereocenters. The summed E-state index contributed by atoms with van der Waals surface area (Å²) >= 11 is 0. The highest BCUT2D eigenvalue weighted by Crippen LogP contribution is 2.28. The Balaban J connectivity index is 1.73. The van der Waals surface area contributed by atoms with Gasteiger partial charge in [-0.05, 0) is 36.6 Å². The maximum Gasteiger partial charge on any atom is 0.573 e. The average molecular weight is 390 g/mol. The second kappa shape index (κ2) is 8.12. The molecule has 0 aliphatic heterocycles. The number of nitrogens with two attached hydrogens (primary N) is 1. The van der Waals surface area contributed by atoms with E-state index in [4.69, 9.17) is 5.73 Å². The molecular formula is C19H17F3N4O2. The number of aromatic nitrogens is 3. The van der Waals surface area contributed by atoms with Gasteiger partial charge in [-0.1, -0.05) is 30.3 Å². The first-order valence-corrected chi connectivity index (χ1v) is 8.47. The van der Waals surface area contributed by atoms with Crippen molar-refractivity contribution in [3.05, 3.63) is 65.5 Å². The van der Waals surface area contributed by atoms with Crippen molar-refractivity contribution in [1.29, 1.82) is 0 Å². The van der Waals surface area contributed by atoms with Gasteiger partial charge in [0.1, 0.15) is 11.6 Å². The van der Waals surface area contributed by atoms with Gasteiger partial charge in [-0.2, -0.15) is 5.10 Å². The van der Waals surface area contributed by atoms with Crippen LogP contribution in [0.5, 0.6) is 5.75 Å². The van der Waals surface area contributed by atoms with E-state index in [0.29, 0.717) is 12.2 Å². The lowest BCUT2D eigenvalue weighted by Gasteiger charge is -2.11. The summed E-state index contributed by atoms with van der Waals surface area (Å²) in [6, 6.07) is 13.3. The molecule has 6 nitrogen and oxygen atoms in total. The summed E-state index contributed by atoms with van der Waals surface area (Å²) in [5.74, 6) is -0.652. The van der Waals surface area contributed by atoms with Crippen molar-refractivity contribution in [3.8, 4) is 17.1 Å². The van der Waals surface area contributed by atoms with Crippen molar-refractivity contribution >= 4 is 5.91 Å². The molecule has 1 heterocycles. The van der Waals surface area contributed by atoms with Crippen LogP contribution in [0.3, 0.4) is 0 Å². The number of ether oxygens (including phenoxy) is 1. The molecule has 0 radical (unpaired) electrons. The van der Waals surface area contributed by atoms with Gasteiger partial charge in [-0.15, -0.1) is 13.2 Å². The van der Waals surface area contributed by atoms with Crippen molar-refractivity contribution in [2.75, 3.05) is 0 Å². The van der Waals surface area contributed by atoms with Crippen LogP contribution in [0.2, 0.25) is 0 Å². The Morgan fingerprint density at radius 3 is 2.54 bits per heavy atom. The van der Waals surface area contributed by atoms with Crippen molar-refractivity contribution < 1.29 is 22.7 Å². The minimum absolute atomic E-state index is 0.156. The van der Waals surface area contributed by atoms with Crippen LogP contribution in [0.15, 0.2) is 48.5 Å². The molecule has 0 bridgehead atoms. The van der Waals surface area contributed by atoms with E-state index in [1.54, 1.807) is 0 Å². The van der Waals surface area contributed by atoms with Crippen molar-refractivity contribution in [2.45, 2.75) is 25.6 Å². The molecule has 3 rings (SSSR count). The topological polar surface area (TPSA) is 93.9 Å². The van der Waals surface area contributed by atoms with Gasteiger partial charge >= 0.3 is 6.36 Å². The molecule has 146 valence electrons. The van der Waals surface area contributed by atoms with Crippen molar-refractivity contribution in [2.24, 2.45) is 5.73 Å². The Kier molecular flexibility index (Phi) is 5.62. The highest BCUT2D eigenvalue weighted by molar-refractivity contribution is 5.99. The first-order chi connectivity index (χ1) is 13.3. The van der Waals surface area contributed by atoms with Gasteiger partial charge in [-0.25, -0.2) is 4.98 Å². The molecule has 0 fully saturated rings. The van der Waals surface area contributed by atoms with Crippen LogP contribution in [0, 0.1) is 0 Å². The van der Waals surface area contributed by atoms with Gasteiger partial charge < -0.3 is 10.5 Å². The third kappa shape index (κ3) is 5.09. The summed E-state index contributed by atoms with van der Waals surface area (Å²) in [6.07, 6.45) is -2.54. The monoisotopic (exact) mass is 390 g/mol. The summed E-state index contributed by atoms with van der Waals surface area (Å²) in [7, 11) is 0. The molecule has 3 N–H and O–H groups in total. The molecule has 9 heteroatoms. The molecule has 0 spiro atoms. The molecule has 1 amide bonds. The van der Waals surface area contributed by atoms with E-state index in [2.05, 4.69) is 19.9 Å². The molecule has 0 aliphatic carbocycles. The SMILES string of the molecule is NC(=O)c1cc(OC(F)(F)F)ccc1-c1n[nH]c(CCCc2ccccc2)n1. The van der Waals surface area contributed by atoms with Crippen LogP contribution in [0.1, 0.15) is 28.2 Å². The number of amides is 1. The largest absolute Gasteiger partial charge is 0.573 e. The zero-order valence-corrected chi connectivity index (χ0v) is 14.7. The Hall–Kier alpha value is -3.36. The maximum atomic E-state index is 12.4. The van der Waals surface area contributed by atoms with Crippen LogP contribution < -0.4 is 10.5 Å². The Bertz CT molecular complexity index is 955. The standard InChI is InChI=1S/C19H17F3N4O2/c20-19(21,22)28-13-9-10-14(15(11-13)17(23)27)18-24-16(25-26-18)8-4-7-12-5-2-1-3-6-12/h1-3,5-6,9-11H,4,7-8H2,(H2,23,27)(H,24,25,26). The lowest BCUT2D eigenvalue weighted by Crippen LogP contribution is -2.18. The number of H-pyrrole nitrogens is 1. The summed E-state index contributed by atoms with van der Waals surface area (Å²) in [5.41, 5.74) is 6.57. The van der Waals surface area contributed by atoms with Crippen LogP contribution in [-0.4, -0.2) is 27.5 Å². The maximum absolute atomic E-state index is 12.4. The fraction of sp³-hybridized carbons (Fsp3) is 0.211. The van der Waals surface area contributed by atoms with E-state index in [1.807, 2.05) is 30.3 Å². The summed E-state index contributed by atoms with van der Waals surface area (Å²) < 4.78 is 40.9. The molecular weight excluding hydrogens is 373 g/mol. The lowest BCUT2D eigenvalue weighted by atomic mass is 10.1. The number of primary amides is 1. The average Bonchev–Trinajstić information content (AvgIpc) is 3.10. The predicted octanol–water partition coefficient (Wildman–Crippen LogP) is 3.64. The van der Waals surface area contributed by atoms with Gasteiger partial charge in [0, 0.05) is 12.0 Å². The van der Waals surface area contributed by atoms with Gasteiger partial charge in [0.05, 0.1) is 5.56 Å². The fourth-order valence-corrected chi connectivity index (χ4v) is 2.75. The number of halogens is 3. The number of nitrogens with zero attached hydrogens (tertiary/aromatic N) is 2. The van der Waals surface area contributed by atoms with Gasteiger partial charge in [-0.3, -0.25) is 9.89 Å². The quantitative estimate of drug-likeness (QED) is 0.644. The zero-order valence-electron chi connectivity index (χ0n) is 14.7. The second-order valence-electron chi connectivity index (χ2n) is 6.06. The molecule has 0 aliphatic rings. The lowest BCUT2D eigenvalue weighted by molar-refractivity contribution is -0.274. The Morgan fingerprint density at radius 2 is 1.86 bits per heavy atom. The minimum Gasteiger partial charge on any atom is -0.406 e. The molecule has 0 saturated carbocycles. The third-order valence-electron chi connectivity index (χ3n) is 3.98. The molecule has 1 aromatic heterocycles. The number of carbonyl (C=O) groups is 1. The van der Waals surface area contributed by atoms with Crippen LogP contribution >= 0.6 is 0 Å². The fourth-order valence-electron chi connectivity index (χ4n) is 2.75. The van der Waals surface area contributed by atoms with Crippen LogP contribution in [-0.2, 0) is 12.8 Å². The highest BCUT2D eigenvalue weighted by atomic mass is 19.4. The second-order valence-corrected chi connectivity index (χ2v) is 6.06. The number of aryl methyl sites for hydroxylation is 2. The molecule has 2 aromatic carbocycles. The third-order valence-corrected chi connectivity index (χ3v) is 3.98. The predicted molar refractivity (Wildman–Crippen MR) is 95.5 cm³/mol. The summed E-state index contributed by atoms with van der Waals surface area (Å²) in [4.78, 5) is 16.0. The van der Waals surface area contributed by atoms with E-state index in [0.717, 1.165) is 25.0 Å². The Labute approximate surface area is 158 Å². The van der Waals surface area contributed by atoms with Crippen LogP contribution in [0.4, 0.5) is 13.2 Å². The normalized spacial score (nSPS) is 11.4. The highest BCUT2D eigenvalue weighted by Gasteiger charge is 2.31. The van der Waals surface area contributed by atoms with E-state index < -0.39 is 18.0 Å². The molecule has 0 saturated heterocycles. The number of rotatable bonds is 7. The number of hydrogen-bond donors (Lipinski definition) is 2. The number of hydrogen-bond acceptors (Lipinski definition) is 4. The Morgan fingerprint density at radius 1 is 1.11 bits per heavy atom. The number of carbonyl (C=O) groups excluding carboxylic acids is 1. The van der Waals surface area contributed by atoms with Crippen molar-refractivity contribution in [3.63, 3.8) is 0 Å². The van der Waals surface area contributed by atoms with E-state index in [-0.39, 0.29) is 17.0 Å². The van der Waals surface area contributed by atoms with Crippen LogP contribution in [0.25, 0.3) is 11.4 Å². The molecule has 3 aromatic rings. The van der Waals surface area contributed by atoms with Crippen molar-refractivity contribution in [1.82, 2.24) is 15.2 Å². The summed E-state index contributed by atoms with van der Waals surface area (Å²) in [5, 5.41) is 6.84. The first-order valence-electron chi connectivity index (χ1n) is 8.47. The van der Waals surface area contributed by atoms with Gasteiger partial charge in [0.2, 0.25) is 5.91 Å². The molecule has 28 heavy (non-hydrogen) atoms. The van der Waals surface area contributed by atoms with E-state index >= 15 is 0 Å². The van der Waals surface area contributed by atoms with Gasteiger partial charge in [0.25, 0.3) is 0 Å². The smallest absolute Gasteiger partial charge is 0.406 e. The number of alkyl halides is 3. The minimum atomic E-state index is -4.87. The number of aromatic amines is 1. The van der Waals surface area contributed by atoms with E-state index in [1.165, 1.54) is 11.6 Å². The van der Waals surface area contributed by atoms with E-state index in [9.17, 15) is 18.0 Å². The zero-order chi connectivity index (χ0) is 20.1. The summed E-state index contributed by atoms with van der Waals surface area (Å²) in [6.45, 7) is 0. The first kappa shape index (κ1) is 19.4. The molecule has 0 atom stereocenters. The van der Waals surface area contributed by atoms with Gasteiger partial charge in [0.15, 0.2) is 5.82 Å². The number of benzene rings is 2. The number of nitrogens with one attached hydrogen (secondary N) is 1.